The highest BCUT2D eigenvalue weighted by Gasteiger charge is 2.10. The van der Waals surface area contributed by atoms with Crippen LogP contribution in [0.5, 0.6) is 0 Å². The first-order valence-electron chi connectivity index (χ1n) is 4.59. The summed E-state index contributed by atoms with van der Waals surface area (Å²) < 4.78 is 19.0. The minimum Gasteiger partial charge on any atom is -0.465 e. The zero-order chi connectivity index (χ0) is 11.7. The second kappa shape index (κ2) is 4.22. The van der Waals surface area contributed by atoms with Crippen LogP contribution in [0.25, 0.3) is 10.8 Å². The van der Waals surface area contributed by atoms with Gasteiger partial charge in [0, 0.05) is 9.86 Å². The Kier molecular flexibility index (Phi) is 2.92. The molecule has 2 nitrogen and oxygen atoms in total. The van der Waals surface area contributed by atoms with Gasteiger partial charge in [0.05, 0.1) is 12.7 Å². The maximum Gasteiger partial charge on any atom is 0.337 e. The van der Waals surface area contributed by atoms with E-state index in [-0.39, 0.29) is 5.56 Å². The van der Waals surface area contributed by atoms with Crippen molar-refractivity contribution in [2.75, 3.05) is 7.11 Å². The Hall–Kier alpha value is -1.42. The second-order valence-corrected chi connectivity index (χ2v) is 4.23. The fraction of sp³-hybridized carbons (Fsp3) is 0.0833. The fourth-order valence-corrected chi connectivity index (χ4v) is 1.88. The molecule has 0 saturated carbocycles. The Bertz CT molecular complexity index is 566. The summed E-state index contributed by atoms with van der Waals surface area (Å²) in [6.45, 7) is 0. The average molecular weight is 283 g/mol. The van der Waals surface area contributed by atoms with Gasteiger partial charge in [0.25, 0.3) is 0 Å². The maximum atomic E-state index is 13.7. The molecule has 2 aromatic carbocycles. The molecule has 0 aromatic heterocycles. The molecule has 0 aliphatic rings. The van der Waals surface area contributed by atoms with E-state index in [0.717, 1.165) is 4.47 Å². The molecule has 0 N–H and O–H groups in total. The first-order valence-corrected chi connectivity index (χ1v) is 5.38. The number of benzene rings is 2. The van der Waals surface area contributed by atoms with Gasteiger partial charge in [-0.3, -0.25) is 0 Å². The lowest BCUT2D eigenvalue weighted by Crippen LogP contribution is -2.01. The van der Waals surface area contributed by atoms with Crippen molar-refractivity contribution in [3.8, 4) is 0 Å². The lowest BCUT2D eigenvalue weighted by atomic mass is 10.1. The molecule has 4 heteroatoms. The van der Waals surface area contributed by atoms with Crippen molar-refractivity contribution in [2.45, 2.75) is 0 Å². The van der Waals surface area contributed by atoms with Crippen molar-refractivity contribution in [1.82, 2.24) is 0 Å². The molecule has 2 rings (SSSR count). The van der Waals surface area contributed by atoms with Crippen LogP contribution in [-0.2, 0) is 4.74 Å². The topological polar surface area (TPSA) is 26.3 Å². The van der Waals surface area contributed by atoms with Crippen LogP contribution in [-0.4, -0.2) is 13.1 Å². The molecule has 0 heterocycles. The largest absolute Gasteiger partial charge is 0.465 e. The van der Waals surface area contributed by atoms with Crippen molar-refractivity contribution in [2.24, 2.45) is 0 Å². The molecule has 0 atom stereocenters. The number of hydrogen-bond donors (Lipinski definition) is 0. The molecule has 0 amide bonds. The van der Waals surface area contributed by atoms with E-state index < -0.39 is 11.8 Å². The third kappa shape index (κ3) is 1.93. The predicted octanol–water partition coefficient (Wildman–Crippen LogP) is 3.53. The lowest BCUT2D eigenvalue weighted by Gasteiger charge is -2.04. The van der Waals surface area contributed by atoms with Gasteiger partial charge in [0.1, 0.15) is 5.82 Å². The molecule has 0 bridgehead atoms. The highest BCUT2D eigenvalue weighted by molar-refractivity contribution is 9.10. The molecule has 82 valence electrons. The molecule has 2 aromatic rings. The second-order valence-electron chi connectivity index (χ2n) is 3.32. The number of ether oxygens (including phenoxy) is 1. The van der Waals surface area contributed by atoms with Gasteiger partial charge < -0.3 is 4.74 Å². The van der Waals surface area contributed by atoms with E-state index in [1.807, 2.05) is 0 Å². The Morgan fingerprint density at radius 2 is 2.06 bits per heavy atom. The van der Waals surface area contributed by atoms with Gasteiger partial charge in [-0.25, -0.2) is 9.18 Å². The van der Waals surface area contributed by atoms with Crippen molar-refractivity contribution < 1.29 is 13.9 Å². The van der Waals surface area contributed by atoms with Crippen LogP contribution >= 0.6 is 15.9 Å². The molecule has 0 unspecified atom stereocenters. The van der Waals surface area contributed by atoms with E-state index in [9.17, 15) is 9.18 Å². The third-order valence-electron chi connectivity index (χ3n) is 2.29. The molecule has 0 radical (unpaired) electrons. The molecule has 0 fully saturated rings. The third-order valence-corrected chi connectivity index (χ3v) is 2.78. The van der Waals surface area contributed by atoms with Gasteiger partial charge in [0.2, 0.25) is 0 Å². The Balaban J connectivity index is 2.68. The Morgan fingerprint density at radius 1 is 1.31 bits per heavy atom. The fourth-order valence-electron chi connectivity index (χ4n) is 1.52. The van der Waals surface area contributed by atoms with E-state index in [4.69, 9.17) is 0 Å². The Morgan fingerprint density at radius 3 is 2.75 bits per heavy atom. The van der Waals surface area contributed by atoms with E-state index >= 15 is 0 Å². The van der Waals surface area contributed by atoms with E-state index in [2.05, 4.69) is 20.7 Å². The monoisotopic (exact) mass is 282 g/mol. The van der Waals surface area contributed by atoms with E-state index in [0.29, 0.717) is 10.8 Å². The molecule has 16 heavy (non-hydrogen) atoms. The van der Waals surface area contributed by atoms with Crippen molar-refractivity contribution in [1.29, 1.82) is 0 Å². The summed E-state index contributed by atoms with van der Waals surface area (Å²) in [4.78, 5) is 11.3. The molecule has 0 saturated heterocycles. The van der Waals surface area contributed by atoms with Gasteiger partial charge in [-0.15, -0.1) is 0 Å². The summed E-state index contributed by atoms with van der Waals surface area (Å²) in [5.41, 5.74) is 0.217. The standard InChI is InChI=1S/C12H8BrFO2/c1-16-12(15)8-4-7-2-3-9(13)6-10(7)11(14)5-8/h2-6H,1H3. The molecule has 0 spiro atoms. The zero-order valence-corrected chi connectivity index (χ0v) is 10.0. The predicted molar refractivity (Wildman–Crippen MR) is 62.9 cm³/mol. The van der Waals surface area contributed by atoms with Crippen LogP contribution in [0.1, 0.15) is 10.4 Å². The zero-order valence-electron chi connectivity index (χ0n) is 8.46. The number of carbonyl (C=O) groups is 1. The number of fused-ring (bicyclic) bond motifs is 1. The summed E-state index contributed by atoms with van der Waals surface area (Å²) in [6.07, 6.45) is 0. The van der Waals surface area contributed by atoms with Crippen LogP contribution in [0.3, 0.4) is 0 Å². The van der Waals surface area contributed by atoms with E-state index in [1.165, 1.54) is 13.2 Å². The van der Waals surface area contributed by atoms with Gasteiger partial charge in [-0.2, -0.15) is 0 Å². The number of esters is 1. The first kappa shape index (κ1) is 11.1. The van der Waals surface area contributed by atoms with E-state index in [1.54, 1.807) is 24.3 Å². The molecule has 0 aliphatic heterocycles. The maximum absolute atomic E-state index is 13.7. The van der Waals surface area contributed by atoms with Crippen LogP contribution in [0.2, 0.25) is 0 Å². The molecule has 0 aliphatic carbocycles. The number of rotatable bonds is 1. The number of hydrogen-bond acceptors (Lipinski definition) is 2. The van der Waals surface area contributed by atoms with Gasteiger partial charge in [0.15, 0.2) is 0 Å². The number of halogens is 2. The van der Waals surface area contributed by atoms with Crippen molar-refractivity contribution in [3.63, 3.8) is 0 Å². The summed E-state index contributed by atoms with van der Waals surface area (Å²) in [5.74, 6) is -0.970. The minimum atomic E-state index is -0.538. The highest BCUT2D eigenvalue weighted by atomic mass is 79.9. The lowest BCUT2D eigenvalue weighted by molar-refractivity contribution is 0.0600. The van der Waals surface area contributed by atoms with Crippen molar-refractivity contribution in [3.05, 3.63) is 46.2 Å². The van der Waals surface area contributed by atoms with Crippen LogP contribution < -0.4 is 0 Å². The molecular weight excluding hydrogens is 275 g/mol. The quantitative estimate of drug-likeness (QED) is 0.748. The highest BCUT2D eigenvalue weighted by Crippen LogP contribution is 2.24. The van der Waals surface area contributed by atoms with Crippen LogP contribution in [0.15, 0.2) is 34.8 Å². The van der Waals surface area contributed by atoms with Gasteiger partial charge >= 0.3 is 5.97 Å². The van der Waals surface area contributed by atoms with Crippen molar-refractivity contribution >= 4 is 32.7 Å². The summed E-state index contributed by atoms with van der Waals surface area (Å²) in [5, 5.41) is 1.14. The van der Waals surface area contributed by atoms with Crippen LogP contribution in [0.4, 0.5) is 4.39 Å². The first-order chi connectivity index (χ1) is 7.61. The summed E-state index contributed by atoms with van der Waals surface area (Å²) in [6, 6.07) is 8.00. The number of carbonyl (C=O) groups excluding carboxylic acids is 1. The van der Waals surface area contributed by atoms with Gasteiger partial charge in [-0.05, 0) is 29.7 Å². The summed E-state index contributed by atoms with van der Waals surface area (Å²) in [7, 11) is 1.27. The average Bonchev–Trinajstić information content (AvgIpc) is 2.28. The smallest absolute Gasteiger partial charge is 0.337 e. The van der Waals surface area contributed by atoms with Gasteiger partial charge in [-0.1, -0.05) is 22.0 Å². The van der Waals surface area contributed by atoms with Crippen LogP contribution in [0, 0.1) is 5.82 Å². The SMILES string of the molecule is COC(=O)c1cc(F)c2cc(Br)ccc2c1. The minimum absolute atomic E-state index is 0.217. The molecular formula is C12H8BrFO2. The Labute approximate surface area is 100 Å². The normalized spacial score (nSPS) is 10.4. The summed E-state index contributed by atoms with van der Waals surface area (Å²) >= 11 is 3.27. The number of methoxy groups -OCH3 is 1.